The average Bonchev–Trinajstić information content (AvgIpc) is 2.12. The Balaban J connectivity index is 2.65. The van der Waals surface area contributed by atoms with E-state index in [0.29, 0.717) is 5.92 Å². The summed E-state index contributed by atoms with van der Waals surface area (Å²) in [6.45, 7) is 6.35. The molecule has 0 spiro atoms. The number of rotatable bonds is 1. The largest absolute Gasteiger partial charge is 0.312 e. The predicted molar refractivity (Wildman–Crippen MR) is 70.3 cm³/mol. The highest BCUT2D eigenvalue weighted by Gasteiger charge is 2.19. The van der Waals surface area contributed by atoms with Crippen molar-refractivity contribution in [3.63, 3.8) is 0 Å². The molecule has 0 unspecified atom stereocenters. The topological polar surface area (TPSA) is 50.4 Å². The minimum atomic E-state index is -0.0376. The Morgan fingerprint density at radius 2 is 1.56 bits per heavy atom. The molecule has 1 aliphatic carbocycles. The van der Waals surface area contributed by atoms with E-state index in [1.54, 1.807) is 0 Å². The first-order valence-electron chi connectivity index (χ1n) is 6.59. The summed E-state index contributed by atoms with van der Waals surface area (Å²) in [5.74, 6) is 7.17. The van der Waals surface area contributed by atoms with Crippen molar-refractivity contribution in [1.82, 2.24) is 5.43 Å². The van der Waals surface area contributed by atoms with Gasteiger partial charge in [-0.05, 0) is 33.6 Å². The minimum Gasteiger partial charge on any atom is -0.312 e. The van der Waals surface area contributed by atoms with E-state index in [1.165, 1.54) is 44.9 Å². The van der Waals surface area contributed by atoms with Crippen molar-refractivity contribution in [2.75, 3.05) is 0 Å². The molecule has 3 N–H and O–H groups in total. The molecule has 0 bridgehead atoms. The van der Waals surface area contributed by atoms with Crippen molar-refractivity contribution < 1.29 is 0 Å². The fourth-order valence-corrected chi connectivity index (χ4v) is 2.33. The smallest absolute Gasteiger partial charge is 0.114 e. The fraction of sp³-hybridized carbons (Fsp3) is 0.923. The molecule has 0 heterocycles. The zero-order valence-corrected chi connectivity index (χ0v) is 11.1. The Bertz CT molecular complexity index is 220. The molecule has 16 heavy (non-hydrogen) atoms. The van der Waals surface area contributed by atoms with Crippen molar-refractivity contribution in [3.8, 4) is 0 Å². The van der Waals surface area contributed by atoms with E-state index in [2.05, 4.69) is 26.2 Å². The first-order valence-corrected chi connectivity index (χ1v) is 6.59. The van der Waals surface area contributed by atoms with Gasteiger partial charge in [0.15, 0.2) is 0 Å². The molecule has 0 aliphatic heterocycles. The van der Waals surface area contributed by atoms with Crippen LogP contribution in [0.1, 0.15) is 65.7 Å². The van der Waals surface area contributed by atoms with E-state index in [9.17, 15) is 0 Å². The fourth-order valence-electron chi connectivity index (χ4n) is 2.33. The van der Waals surface area contributed by atoms with Gasteiger partial charge >= 0.3 is 0 Å². The van der Waals surface area contributed by atoms with Crippen LogP contribution in [0.4, 0.5) is 0 Å². The van der Waals surface area contributed by atoms with Crippen molar-refractivity contribution in [2.24, 2.45) is 16.8 Å². The van der Waals surface area contributed by atoms with Crippen LogP contribution < -0.4 is 11.3 Å². The lowest BCUT2D eigenvalue weighted by molar-refractivity contribution is 0.440. The second-order valence-electron chi connectivity index (χ2n) is 5.85. The number of nitrogens with one attached hydrogen (secondary N) is 1. The second kappa shape index (κ2) is 6.24. The molecule has 0 saturated heterocycles. The molecule has 0 amide bonds. The number of nitrogens with zero attached hydrogens (tertiary/aromatic N) is 1. The summed E-state index contributed by atoms with van der Waals surface area (Å²) in [4.78, 5) is 4.70. The summed E-state index contributed by atoms with van der Waals surface area (Å²) < 4.78 is 0. The summed E-state index contributed by atoms with van der Waals surface area (Å²) >= 11 is 0. The molecule has 0 aromatic heterocycles. The van der Waals surface area contributed by atoms with Crippen LogP contribution in [-0.4, -0.2) is 11.4 Å². The van der Waals surface area contributed by atoms with E-state index >= 15 is 0 Å². The molecule has 1 aliphatic rings. The first-order chi connectivity index (χ1) is 7.53. The Morgan fingerprint density at radius 1 is 1.06 bits per heavy atom. The van der Waals surface area contributed by atoms with E-state index in [-0.39, 0.29) is 5.54 Å². The van der Waals surface area contributed by atoms with Gasteiger partial charge in [0, 0.05) is 5.92 Å². The highest BCUT2D eigenvalue weighted by Crippen LogP contribution is 2.23. The molecule has 1 fully saturated rings. The zero-order chi connectivity index (χ0) is 12.0. The van der Waals surface area contributed by atoms with E-state index < -0.39 is 0 Å². The third-order valence-corrected chi connectivity index (χ3v) is 3.10. The Morgan fingerprint density at radius 3 is 2.00 bits per heavy atom. The monoisotopic (exact) mass is 225 g/mol. The molecule has 1 saturated carbocycles. The molecule has 1 rings (SSSR count). The van der Waals surface area contributed by atoms with Crippen LogP contribution in [0.5, 0.6) is 0 Å². The van der Waals surface area contributed by atoms with Crippen LogP contribution in [-0.2, 0) is 0 Å². The lowest BCUT2D eigenvalue weighted by Gasteiger charge is -2.24. The Labute approximate surface area is 99.9 Å². The first kappa shape index (κ1) is 13.5. The summed E-state index contributed by atoms with van der Waals surface area (Å²) in [6, 6.07) is 0. The molecule has 94 valence electrons. The van der Waals surface area contributed by atoms with Gasteiger partial charge in [-0.1, -0.05) is 32.1 Å². The second-order valence-corrected chi connectivity index (χ2v) is 5.85. The van der Waals surface area contributed by atoms with Gasteiger partial charge in [-0.25, -0.2) is 5.84 Å². The third kappa shape index (κ3) is 4.97. The number of hydrogen-bond donors (Lipinski definition) is 2. The summed E-state index contributed by atoms with van der Waals surface area (Å²) in [6.07, 6.45) is 9.23. The van der Waals surface area contributed by atoms with Gasteiger partial charge < -0.3 is 5.43 Å². The molecular weight excluding hydrogens is 198 g/mol. The van der Waals surface area contributed by atoms with E-state index in [1.807, 2.05) is 0 Å². The van der Waals surface area contributed by atoms with E-state index in [0.717, 1.165) is 5.84 Å². The number of hydrogen-bond acceptors (Lipinski definition) is 2. The predicted octanol–water partition coefficient (Wildman–Crippen LogP) is 3.01. The van der Waals surface area contributed by atoms with Crippen LogP contribution >= 0.6 is 0 Å². The van der Waals surface area contributed by atoms with Crippen LogP contribution in [0.15, 0.2) is 4.99 Å². The molecule has 3 nitrogen and oxygen atoms in total. The maximum absolute atomic E-state index is 5.62. The maximum Gasteiger partial charge on any atom is 0.114 e. The van der Waals surface area contributed by atoms with Gasteiger partial charge in [0.1, 0.15) is 5.84 Å². The van der Waals surface area contributed by atoms with Crippen LogP contribution in [0, 0.1) is 5.92 Å². The highest BCUT2D eigenvalue weighted by atomic mass is 15.3. The summed E-state index contributed by atoms with van der Waals surface area (Å²) in [7, 11) is 0. The highest BCUT2D eigenvalue weighted by molar-refractivity contribution is 5.84. The number of aliphatic imine (C=N–C) groups is 1. The molecule has 0 aromatic carbocycles. The van der Waals surface area contributed by atoms with Gasteiger partial charge in [-0.3, -0.25) is 4.99 Å². The molecule has 0 atom stereocenters. The quantitative estimate of drug-likeness (QED) is 0.312. The molecule has 0 aromatic rings. The zero-order valence-electron chi connectivity index (χ0n) is 11.1. The van der Waals surface area contributed by atoms with Crippen molar-refractivity contribution in [1.29, 1.82) is 0 Å². The number of amidine groups is 1. The molecule has 3 heteroatoms. The van der Waals surface area contributed by atoms with Gasteiger partial charge in [-0.15, -0.1) is 0 Å². The van der Waals surface area contributed by atoms with E-state index in [4.69, 9.17) is 10.8 Å². The minimum absolute atomic E-state index is 0.0376. The number of nitrogens with two attached hydrogens (primary N) is 1. The Hall–Kier alpha value is -0.570. The third-order valence-electron chi connectivity index (χ3n) is 3.10. The summed E-state index contributed by atoms with van der Waals surface area (Å²) in [5.41, 5.74) is 2.79. The lowest BCUT2D eigenvalue weighted by atomic mass is 9.90. The van der Waals surface area contributed by atoms with Crippen LogP contribution in [0.25, 0.3) is 0 Å². The average molecular weight is 225 g/mol. The maximum atomic E-state index is 5.62. The normalized spacial score (nSPS) is 21.4. The van der Waals surface area contributed by atoms with Crippen LogP contribution in [0.3, 0.4) is 0 Å². The lowest BCUT2D eigenvalue weighted by Crippen LogP contribution is -2.38. The van der Waals surface area contributed by atoms with Crippen molar-refractivity contribution >= 4 is 5.84 Å². The molecular formula is C13H27N3. The van der Waals surface area contributed by atoms with Gasteiger partial charge in [0.2, 0.25) is 0 Å². The Kier molecular flexibility index (Phi) is 5.26. The van der Waals surface area contributed by atoms with Gasteiger partial charge in [0.25, 0.3) is 0 Å². The SMILES string of the molecule is CC(C)(C)N=C(NN)C1CCCCCCC1. The summed E-state index contributed by atoms with van der Waals surface area (Å²) in [5, 5.41) is 0. The van der Waals surface area contributed by atoms with Gasteiger partial charge in [0.05, 0.1) is 5.54 Å². The molecule has 0 radical (unpaired) electrons. The van der Waals surface area contributed by atoms with Crippen molar-refractivity contribution in [3.05, 3.63) is 0 Å². The standard InChI is InChI=1S/C13H27N3/c1-13(2,3)15-12(16-14)11-9-7-5-4-6-8-10-11/h11H,4-10,14H2,1-3H3,(H,15,16). The van der Waals surface area contributed by atoms with Crippen LogP contribution in [0.2, 0.25) is 0 Å². The van der Waals surface area contributed by atoms with Gasteiger partial charge in [-0.2, -0.15) is 0 Å². The number of hydrazine groups is 1. The van der Waals surface area contributed by atoms with Crippen molar-refractivity contribution in [2.45, 2.75) is 71.3 Å².